The van der Waals surface area contributed by atoms with Gasteiger partial charge in [-0.1, -0.05) is 18.2 Å². The van der Waals surface area contributed by atoms with E-state index in [1.165, 1.54) is 21.9 Å². The van der Waals surface area contributed by atoms with Crippen molar-refractivity contribution in [2.45, 2.75) is 37.3 Å². The second-order valence-corrected chi connectivity index (χ2v) is 8.90. The number of amides is 1. The summed E-state index contributed by atoms with van der Waals surface area (Å²) in [4.78, 5) is 35.6. The number of benzene rings is 1. The number of thiophene rings is 1. The minimum absolute atomic E-state index is 0.0449. The molecule has 0 radical (unpaired) electrons. The van der Waals surface area contributed by atoms with Crippen LogP contribution in [-0.4, -0.2) is 32.4 Å². The fraction of sp³-hybridized carbons (Fsp3) is 0.318. The van der Waals surface area contributed by atoms with Crippen molar-refractivity contribution in [1.82, 2.24) is 14.9 Å². The topological polar surface area (TPSA) is 86.3 Å². The molecule has 1 amide bonds. The van der Waals surface area contributed by atoms with Crippen LogP contribution in [0.25, 0.3) is 0 Å². The molecule has 9 heteroatoms. The molecule has 3 aromatic rings. The highest BCUT2D eigenvalue weighted by atomic mass is 32.1. The molecule has 1 atom stereocenters. The van der Waals surface area contributed by atoms with Gasteiger partial charge in [0.2, 0.25) is 0 Å². The van der Waals surface area contributed by atoms with Crippen LogP contribution >= 0.6 is 11.3 Å². The van der Waals surface area contributed by atoms with Crippen LogP contribution in [0.15, 0.2) is 40.5 Å². The Balaban J connectivity index is 1.41. The Morgan fingerprint density at radius 3 is 2.77 bits per heavy atom. The van der Waals surface area contributed by atoms with Gasteiger partial charge in [0, 0.05) is 23.4 Å². The molecule has 0 saturated heterocycles. The molecular weight excluding hydrogens is 424 g/mol. The van der Waals surface area contributed by atoms with Gasteiger partial charge in [-0.2, -0.15) is 0 Å². The first kappa shape index (κ1) is 20.0. The lowest BCUT2D eigenvalue weighted by molar-refractivity contribution is -0.141. The molecule has 6 nitrogen and oxygen atoms in total. The van der Waals surface area contributed by atoms with Crippen molar-refractivity contribution in [3.8, 4) is 0 Å². The van der Waals surface area contributed by atoms with E-state index in [-0.39, 0.29) is 24.1 Å². The van der Waals surface area contributed by atoms with Crippen molar-refractivity contribution in [1.29, 1.82) is 0 Å². The fourth-order valence-corrected chi connectivity index (χ4v) is 5.14. The third-order valence-corrected chi connectivity index (χ3v) is 7.16. The van der Waals surface area contributed by atoms with Gasteiger partial charge in [-0.3, -0.25) is 9.59 Å². The first-order chi connectivity index (χ1) is 14.9. The molecule has 2 N–H and O–H groups in total. The van der Waals surface area contributed by atoms with Gasteiger partial charge in [-0.25, -0.2) is 13.8 Å². The third kappa shape index (κ3) is 3.28. The molecule has 0 bridgehead atoms. The molecule has 160 valence electrons. The number of halogens is 2. The second-order valence-electron chi connectivity index (χ2n) is 7.95. The lowest BCUT2D eigenvalue weighted by Crippen LogP contribution is -2.42. The number of nitrogens with one attached hydrogen (secondary N) is 1. The van der Waals surface area contributed by atoms with Crippen LogP contribution in [0.3, 0.4) is 0 Å². The number of aromatic amines is 1. The van der Waals surface area contributed by atoms with Crippen molar-refractivity contribution in [3.63, 3.8) is 0 Å². The minimum atomic E-state index is -1.85. The van der Waals surface area contributed by atoms with Crippen LogP contribution in [0.1, 0.15) is 46.5 Å². The Morgan fingerprint density at radius 1 is 1.26 bits per heavy atom. The number of H-pyrrole nitrogens is 1. The molecule has 1 aromatic carbocycles. The standard InChI is InChI=1S/C22H19F2N3O3S/c23-14-4-1-3-12(17(14)24)18(28)20(30)27-9-6-15-13(11-27)19(29)26-21(25-15)22(7-8-22)16-5-2-10-31-16/h1-5,10,18,28H,6-9,11H2,(H,25,26,29). The summed E-state index contributed by atoms with van der Waals surface area (Å²) in [6.45, 7) is 0.179. The maximum atomic E-state index is 14.0. The Labute approximate surface area is 180 Å². The van der Waals surface area contributed by atoms with Crippen LogP contribution in [0.4, 0.5) is 8.78 Å². The first-order valence-corrected chi connectivity index (χ1v) is 10.9. The zero-order valence-corrected chi connectivity index (χ0v) is 17.2. The van der Waals surface area contributed by atoms with Crippen LogP contribution < -0.4 is 5.56 Å². The van der Waals surface area contributed by atoms with Crippen molar-refractivity contribution in [2.75, 3.05) is 6.54 Å². The van der Waals surface area contributed by atoms with Gasteiger partial charge >= 0.3 is 0 Å². The van der Waals surface area contributed by atoms with E-state index in [0.29, 0.717) is 23.5 Å². The summed E-state index contributed by atoms with van der Waals surface area (Å²) in [6, 6.07) is 7.34. The van der Waals surface area contributed by atoms with E-state index in [4.69, 9.17) is 4.98 Å². The monoisotopic (exact) mass is 443 g/mol. The highest BCUT2D eigenvalue weighted by molar-refractivity contribution is 7.10. The number of carbonyl (C=O) groups excluding carboxylic acids is 1. The van der Waals surface area contributed by atoms with Crippen molar-refractivity contribution in [3.05, 3.63) is 85.2 Å². The van der Waals surface area contributed by atoms with Crippen LogP contribution in [-0.2, 0) is 23.2 Å². The van der Waals surface area contributed by atoms with E-state index in [0.717, 1.165) is 18.9 Å². The Kier molecular flexibility index (Phi) is 4.75. The first-order valence-electron chi connectivity index (χ1n) is 9.98. The van der Waals surface area contributed by atoms with Gasteiger partial charge in [-0.15, -0.1) is 11.3 Å². The summed E-state index contributed by atoms with van der Waals surface area (Å²) < 4.78 is 27.5. The van der Waals surface area contributed by atoms with Crippen LogP contribution in [0.5, 0.6) is 0 Å². The molecule has 3 heterocycles. The molecule has 1 fully saturated rings. The van der Waals surface area contributed by atoms with E-state index in [1.807, 2.05) is 17.5 Å². The maximum Gasteiger partial charge on any atom is 0.256 e. The van der Waals surface area contributed by atoms with Gasteiger partial charge < -0.3 is 15.0 Å². The number of rotatable bonds is 4. The number of aliphatic hydroxyl groups excluding tert-OH is 1. The van der Waals surface area contributed by atoms with Crippen molar-refractivity contribution >= 4 is 17.2 Å². The van der Waals surface area contributed by atoms with E-state index in [1.54, 1.807) is 11.3 Å². The highest BCUT2D eigenvalue weighted by Crippen LogP contribution is 2.53. The smallest absolute Gasteiger partial charge is 0.256 e. The van der Waals surface area contributed by atoms with Crippen LogP contribution in [0.2, 0.25) is 0 Å². The predicted molar refractivity (Wildman–Crippen MR) is 110 cm³/mol. The highest BCUT2D eigenvalue weighted by Gasteiger charge is 2.49. The summed E-state index contributed by atoms with van der Waals surface area (Å²) in [6.07, 6.45) is 0.338. The average molecular weight is 443 g/mol. The predicted octanol–water partition coefficient (Wildman–Crippen LogP) is 2.81. The van der Waals surface area contributed by atoms with E-state index in [9.17, 15) is 23.5 Å². The number of hydrogen-bond acceptors (Lipinski definition) is 5. The summed E-state index contributed by atoms with van der Waals surface area (Å²) in [5, 5.41) is 12.3. The number of fused-ring (bicyclic) bond motifs is 1. The quantitative estimate of drug-likeness (QED) is 0.649. The van der Waals surface area contributed by atoms with Crippen molar-refractivity contribution < 1.29 is 18.7 Å². The van der Waals surface area contributed by atoms with Gasteiger partial charge in [0.15, 0.2) is 17.7 Å². The molecule has 31 heavy (non-hydrogen) atoms. The van der Waals surface area contributed by atoms with Gasteiger partial charge in [0.05, 0.1) is 23.2 Å². The largest absolute Gasteiger partial charge is 0.378 e. The number of aromatic nitrogens is 2. The summed E-state index contributed by atoms with van der Waals surface area (Å²) in [5.74, 6) is -2.52. The Hall–Kier alpha value is -2.91. The molecule has 1 unspecified atom stereocenters. The molecule has 1 aliphatic heterocycles. The number of hydrogen-bond donors (Lipinski definition) is 2. The lowest BCUT2D eigenvalue weighted by atomic mass is 10.0. The molecule has 2 aromatic heterocycles. The van der Waals surface area contributed by atoms with E-state index >= 15 is 0 Å². The van der Waals surface area contributed by atoms with E-state index in [2.05, 4.69) is 4.98 Å². The third-order valence-electron chi connectivity index (χ3n) is 6.09. The number of aliphatic hydroxyl groups is 1. The van der Waals surface area contributed by atoms with E-state index < -0.39 is 29.2 Å². The number of nitrogens with zero attached hydrogens (tertiary/aromatic N) is 2. The average Bonchev–Trinajstić information content (AvgIpc) is 3.40. The molecular formula is C22H19F2N3O3S. The Morgan fingerprint density at radius 2 is 2.06 bits per heavy atom. The van der Waals surface area contributed by atoms with Crippen molar-refractivity contribution in [2.24, 2.45) is 0 Å². The normalized spacial score (nSPS) is 17.8. The summed E-state index contributed by atoms with van der Waals surface area (Å²) in [7, 11) is 0. The van der Waals surface area contributed by atoms with Gasteiger partial charge in [0.25, 0.3) is 11.5 Å². The SMILES string of the molecule is O=C(C(O)c1cccc(F)c1F)N1CCc2nc(C3(c4cccs4)CC3)[nH]c(=O)c2C1. The van der Waals surface area contributed by atoms with Crippen LogP contribution in [0, 0.1) is 11.6 Å². The number of carbonyl (C=O) groups is 1. The molecule has 2 aliphatic rings. The summed E-state index contributed by atoms with van der Waals surface area (Å²) >= 11 is 1.64. The van der Waals surface area contributed by atoms with Gasteiger partial charge in [0.1, 0.15) is 5.82 Å². The second kappa shape index (κ2) is 7.35. The zero-order chi connectivity index (χ0) is 21.8. The molecule has 1 aliphatic carbocycles. The minimum Gasteiger partial charge on any atom is -0.378 e. The lowest BCUT2D eigenvalue weighted by Gasteiger charge is -2.30. The Bertz CT molecular complexity index is 1220. The molecule has 0 spiro atoms. The zero-order valence-electron chi connectivity index (χ0n) is 16.4. The maximum absolute atomic E-state index is 14.0. The fourth-order valence-electron chi connectivity index (χ4n) is 4.15. The van der Waals surface area contributed by atoms with Gasteiger partial charge in [-0.05, 0) is 30.4 Å². The molecule has 5 rings (SSSR count). The molecule has 1 saturated carbocycles. The summed E-state index contributed by atoms with van der Waals surface area (Å²) in [5.41, 5.74) is 0.0197.